The molecule has 2 aliphatic rings. The van der Waals surface area contributed by atoms with E-state index in [-0.39, 0.29) is 5.78 Å². The maximum Gasteiger partial charge on any atom is 0.330 e. The average molecular weight is 443 g/mol. The normalized spacial score (nSPS) is 27.3. The van der Waals surface area contributed by atoms with Gasteiger partial charge in [0, 0.05) is 21.5 Å². The van der Waals surface area contributed by atoms with Crippen molar-refractivity contribution in [1.82, 2.24) is 0 Å². The predicted molar refractivity (Wildman–Crippen MR) is 105 cm³/mol. The number of esters is 2. The second-order valence-corrected chi connectivity index (χ2v) is 8.24. The fraction of sp³-hybridized carbons (Fsp3) is 0.318. The van der Waals surface area contributed by atoms with Crippen molar-refractivity contribution in [2.75, 3.05) is 7.11 Å². The number of ether oxygens (including phenoxy) is 2. The number of rotatable bonds is 4. The maximum absolute atomic E-state index is 13.7. The van der Waals surface area contributed by atoms with E-state index in [9.17, 15) is 14.4 Å². The van der Waals surface area contributed by atoms with Crippen LogP contribution in [0.25, 0.3) is 0 Å². The third kappa shape index (κ3) is 2.15. The zero-order chi connectivity index (χ0) is 20.3. The maximum atomic E-state index is 13.7. The van der Waals surface area contributed by atoms with Crippen molar-refractivity contribution in [3.63, 3.8) is 0 Å². The largest absolute Gasteiger partial charge is 0.468 e. The monoisotopic (exact) mass is 442 g/mol. The molecule has 0 saturated heterocycles. The van der Waals surface area contributed by atoms with E-state index >= 15 is 0 Å². The van der Waals surface area contributed by atoms with Crippen molar-refractivity contribution < 1.29 is 23.9 Å². The molecule has 2 aromatic carbocycles. The van der Waals surface area contributed by atoms with Crippen LogP contribution in [0.1, 0.15) is 40.7 Å². The SMILES string of the molecule is CC[C@@]1(C(=O)c2ccc(C)cc2)[C@H]2c3cc(Br)ccc3OC(=O)[C@@]21C(=O)OC. The standard InChI is InChI=1S/C22H19BrO5/c1-4-21(18(24)13-7-5-12(2)6-8-13)17-15-11-14(23)9-10-16(15)28-20(26)22(17,21)19(25)27-3/h5-11,17H,4H2,1-3H3/t17-,21+,22+/m1/s1. The van der Waals surface area contributed by atoms with E-state index in [1.807, 2.05) is 32.0 Å². The molecule has 0 spiro atoms. The summed E-state index contributed by atoms with van der Waals surface area (Å²) in [7, 11) is 1.23. The summed E-state index contributed by atoms with van der Waals surface area (Å²) in [5.41, 5.74) is -0.743. The minimum atomic E-state index is -1.66. The first kappa shape index (κ1) is 18.9. The number of methoxy groups -OCH3 is 1. The number of carbonyl (C=O) groups is 3. The van der Waals surface area contributed by atoms with Crippen LogP contribution in [-0.4, -0.2) is 24.8 Å². The Morgan fingerprint density at radius 1 is 1.18 bits per heavy atom. The minimum Gasteiger partial charge on any atom is -0.468 e. The number of ketones is 1. The third-order valence-electron chi connectivity index (χ3n) is 6.14. The second-order valence-electron chi connectivity index (χ2n) is 7.32. The smallest absolute Gasteiger partial charge is 0.330 e. The molecule has 1 aliphatic heterocycles. The van der Waals surface area contributed by atoms with Crippen molar-refractivity contribution >= 4 is 33.7 Å². The van der Waals surface area contributed by atoms with E-state index < -0.39 is 28.7 Å². The fourth-order valence-corrected chi connectivity index (χ4v) is 5.19. The molecule has 4 rings (SSSR count). The molecule has 144 valence electrons. The first-order chi connectivity index (χ1) is 13.3. The van der Waals surface area contributed by atoms with Crippen molar-refractivity contribution in [1.29, 1.82) is 0 Å². The second kappa shape index (κ2) is 6.27. The lowest BCUT2D eigenvalue weighted by molar-refractivity contribution is -0.160. The Balaban J connectivity index is 1.95. The Morgan fingerprint density at radius 2 is 1.86 bits per heavy atom. The number of hydrogen-bond acceptors (Lipinski definition) is 5. The molecule has 0 N–H and O–H groups in total. The first-order valence-electron chi connectivity index (χ1n) is 9.06. The highest BCUT2D eigenvalue weighted by atomic mass is 79.9. The lowest BCUT2D eigenvalue weighted by Crippen LogP contribution is -2.40. The molecule has 1 fully saturated rings. The van der Waals surface area contributed by atoms with Crippen LogP contribution in [0.15, 0.2) is 46.9 Å². The Labute approximate surface area is 171 Å². The van der Waals surface area contributed by atoms with Gasteiger partial charge in [-0.3, -0.25) is 14.4 Å². The molecule has 3 atom stereocenters. The lowest BCUT2D eigenvalue weighted by Gasteiger charge is -2.22. The molecule has 0 amide bonds. The summed E-state index contributed by atoms with van der Waals surface area (Å²) < 4.78 is 11.3. The van der Waals surface area contributed by atoms with E-state index in [4.69, 9.17) is 9.47 Å². The fourth-order valence-electron chi connectivity index (χ4n) is 4.81. The minimum absolute atomic E-state index is 0.241. The summed E-state index contributed by atoms with van der Waals surface area (Å²) in [6.45, 7) is 3.75. The van der Waals surface area contributed by atoms with Crippen molar-refractivity contribution in [2.45, 2.75) is 26.2 Å². The Morgan fingerprint density at radius 3 is 2.46 bits per heavy atom. The number of carbonyl (C=O) groups excluding carboxylic acids is 3. The molecule has 0 aromatic heterocycles. The summed E-state index contributed by atoms with van der Waals surface area (Å²) >= 11 is 3.43. The van der Waals surface area contributed by atoms with E-state index in [2.05, 4.69) is 15.9 Å². The number of benzene rings is 2. The van der Waals surface area contributed by atoms with Gasteiger partial charge in [0.1, 0.15) is 5.75 Å². The van der Waals surface area contributed by atoms with Crippen LogP contribution in [0.5, 0.6) is 5.75 Å². The van der Waals surface area contributed by atoms with Gasteiger partial charge >= 0.3 is 11.9 Å². The van der Waals surface area contributed by atoms with Crippen molar-refractivity contribution in [2.24, 2.45) is 10.8 Å². The van der Waals surface area contributed by atoms with E-state index in [0.29, 0.717) is 23.3 Å². The summed E-state index contributed by atoms with van der Waals surface area (Å²) in [4.78, 5) is 39.7. The Bertz CT molecular complexity index is 1010. The number of fused-ring (bicyclic) bond motifs is 3. The molecular formula is C22H19BrO5. The molecule has 0 bridgehead atoms. The van der Waals surface area contributed by atoms with E-state index in [1.54, 1.807) is 24.3 Å². The van der Waals surface area contributed by atoms with Crippen LogP contribution in [0.4, 0.5) is 0 Å². The van der Waals surface area contributed by atoms with Crippen molar-refractivity contribution in [3.8, 4) is 5.75 Å². The highest BCUT2D eigenvalue weighted by Crippen LogP contribution is 2.80. The molecule has 28 heavy (non-hydrogen) atoms. The van der Waals surface area contributed by atoms with E-state index in [0.717, 1.165) is 10.0 Å². The molecule has 1 aliphatic carbocycles. The van der Waals surface area contributed by atoms with Crippen LogP contribution in [0.2, 0.25) is 0 Å². The average Bonchev–Trinajstić information content (AvgIpc) is 3.35. The first-order valence-corrected chi connectivity index (χ1v) is 9.85. The zero-order valence-corrected chi connectivity index (χ0v) is 17.3. The molecule has 1 saturated carbocycles. The van der Waals surface area contributed by atoms with Crippen LogP contribution >= 0.6 is 15.9 Å². The molecule has 5 nitrogen and oxygen atoms in total. The van der Waals surface area contributed by atoms with Gasteiger partial charge in [0.15, 0.2) is 11.2 Å². The van der Waals surface area contributed by atoms with Crippen LogP contribution in [0, 0.1) is 17.8 Å². The number of Topliss-reactive ketones (excluding diaryl/α,β-unsaturated/α-hetero) is 1. The zero-order valence-electron chi connectivity index (χ0n) is 15.7. The van der Waals surface area contributed by atoms with Crippen molar-refractivity contribution in [3.05, 3.63) is 63.6 Å². The highest BCUT2D eigenvalue weighted by Gasteiger charge is 2.90. The predicted octanol–water partition coefficient (Wildman–Crippen LogP) is 4.21. The number of halogens is 1. The van der Waals surface area contributed by atoms with Crippen LogP contribution in [-0.2, 0) is 14.3 Å². The van der Waals surface area contributed by atoms with Gasteiger partial charge < -0.3 is 9.47 Å². The number of hydrogen-bond donors (Lipinski definition) is 0. The summed E-state index contributed by atoms with van der Waals surface area (Å²) in [6.07, 6.45) is 0.306. The molecule has 0 radical (unpaired) electrons. The van der Waals surface area contributed by atoms with Crippen LogP contribution in [0.3, 0.4) is 0 Å². The number of aryl methyl sites for hydroxylation is 1. The third-order valence-corrected chi connectivity index (χ3v) is 6.63. The van der Waals surface area contributed by atoms with Gasteiger partial charge in [0.05, 0.1) is 12.5 Å². The Hall–Kier alpha value is -2.47. The topological polar surface area (TPSA) is 69.7 Å². The molecule has 6 heteroatoms. The molecule has 1 heterocycles. The van der Waals surface area contributed by atoms with Gasteiger partial charge in [-0.25, -0.2) is 0 Å². The lowest BCUT2D eigenvalue weighted by atomic mass is 9.83. The molecular weight excluding hydrogens is 424 g/mol. The van der Waals surface area contributed by atoms with Gasteiger partial charge in [0.25, 0.3) is 0 Å². The van der Waals surface area contributed by atoms with Crippen LogP contribution < -0.4 is 4.74 Å². The Kier molecular flexibility index (Phi) is 4.23. The molecule has 2 aromatic rings. The van der Waals surface area contributed by atoms with E-state index in [1.165, 1.54) is 7.11 Å². The summed E-state index contributed by atoms with van der Waals surface area (Å²) in [5.74, 6) is -1.93. The highest BCUT2D eigenvalue weighted by molar-refractivity contribution is 9.10. The molecule has 0 unspecified atom stereocenters. The van der Waals surface area contributed by atoms with Gasteiger partial charge in [-0.1, -0.05) is 52.7 Å². The van der Waals surface area contributed by atoms with Gasteiger partial charge in [-0.2, -0.15) is 0 Å². The van der Waals surface area contributed by atoms with Gasteiger partial charge in [-0.15, -0.1) is 0 Å². The summed E-state index contributed by atoms with van der Waals surface area (Å²) in [6, 6.07) is 12.4. The van der Waals surface area contributed by atoms with Gasteiger partial charge in [-0.05, 0) is 31.5 Å². The van der Waals surface area contributed by atoms with Gasteiger partial charge in [0.2, 0.25) is 0 Å². The quantitative estimate of drug-likeness (QED) is 0.307. The summed E-state index contributed by atoms with van der Waals surface area (Å²) in [5, 5.41) is 0.